The summed E-state index contributed by atoms with van der Waals surface area (Å²) in [6.07, 6.45) is -3.32. The summed E-state index contributed by atoms with van der Waals surface area (Å²) in [6, 6.07) is -1.02. The predicted molar refractivity (Wildman–Crippen MR) is 106 cm³/mol. The zero-order chi connectivity index (χ0) is 24.3. The molecule has 0 aliphatic carbocycles. The van der Waals surface area contributed by atoms with Crippen molar-refractivity contribution in [2.75, 3.05) is 20.3 Å². The van der Waals surface area contributed by atoms with Crippen molar-refractivity contribution in [3.05, 3.63) is 0 Å². The zero-order valence-corrected chi connectivity index (χ0v) is 18.9. The van der Waals surface area contributed by atoms with E-state index in [1.165, 1.54) is 21.0 Å². The first-order valence-corrected chi connectivity index (χ1v) is 10.1. The number of unbranched alkanes of at least 4 members (excludes halogenated alkanes) is 1. The molecule has 0 bridgehead atoms. The largest absolute Gasteiger partial charge is 0.469 e. The van der Waals surface area contributed by atoms with Crippen molar-refractivity contribution in [1.82, 2.24) is 5.32 Å². The molecular formula is C20H31NO11. The molecule has 1 amide bonds. The number of ether oxygens (including phenoxy) is 6. The zero-order valence-electron chi connectivity index (χ0n) is 18.9. The molecule has 1 fully saturated rings. The Bertz CT molecular complexity index is 680. The van der Waals surface area contributed by atoms with Crippen LogP contribution in [0.3, 0.4) is 0 Å². The van der Waals surface area contributed by atoms with Crippen LogP contribution in [0.15, 0.2) is 0 Å². The van der Waals surface area contributed by atoms with Crippen molar-refractivity contribution >= 4 is 29.8 Å². The fraction of sp³-hybridized carbons (Fsp3) is 0.750. The van der Waals surface area contributed by atoms with E-state index in [1.807, 2.05) is 0 Å². The van der Waals surface area contributed by atoms with Gasteiger partial charge < -0.3 is 33.7 Å². The Hall–Kier alpha value is -2.73. The first kappa shape index (κ1) is 27.3. The molecule has 0 spiro atoms. The van der Waals surface area contributed by atoms with E-state index in [-0.39, 0.29) is 25.6 Å². The SMILES string of the molecule is COC(=O)CCCCO[C@@H]1OC(COC(C)=O)[C@H](OC(C)=O)C(OC(C)=O)C1NC(C)=O. The highest BCUT2D eigenvalue weighted by molar-refractivity contribution is 5.73. The van der Waals surface area contributed by atoms with Gasteiger partial charge in [-0.3, -0.25) is 24.0 Å². The Morgan fingerprint density at radius 1 is 0.875 bits per heavy atom. The van der Waals surface area contributed by atoms with E-state index in [9.17, 15) is 24.0 Å². The molecule has 3 unspecified atom stereocenters. The summed E-state index contributed by atoms with van der Waals surface area (Å²) in [5, 5.41) is 2.60. The van der Waals surface area contributed by atoms with Crippen LogP contribution in [0.5, 0.6) is 0 Å². The molecule has 0 saturated carbocycles. The Morgan fingerprint density at radius 3 is 2.03 bits per heavy atom. The number of nitrogens with one attached hydrogen (secondary N) is 1. The Labute approximate surface area is 186 Å². The molecular weight excluding hydrogens is 430 g/mol. The third kappa shape index (κ3) is 9.60. The van der Waals surface area contributed by atoms with Crippen molar-refractivity contribution in [2.45, 2.75) is 77.6 Å². The van der Waals surface area contributed by atoms with Gasteiger partial charge in [0.1, 0.15) is 18.8 Å². The maximum atomic E-state index is 11.8. The normalized spacial score (nSPS) is 24.7. The predicted octanol–water partition coefficient (Wildman–Crippen LogP) is 0.00240. The van der Waals surface area contributed by atoms with Crippen molar-refractivity contribution in [2.24, 2.45) is 0 Å². The van der Waals surface area contributed by atoms with E-state index in [0.29, 0.717) is 12.8 Å². The molecule has 1 rings (SSSR count). The number of hydrogen-bond donors (Lipinski definition) is 1. The van der Waals surface area contributed by atoms with Gasteiger partial charge in [-0.2, -0.15) is 0 Å². The molecule has 1 aliphatic heterocycles. The standard InChI is InChI=1S/C20H31NO11/c1-11(22)21-17-19(31-14(4)25)18(30-13(3)24)15(10-29-12(2)23)32-20(17)28-9-7-6-8-16(26)27-5/h15,17-20H,6-10H2,1-5H3,(H,21,22)/t15?,17?,18-,19?,20+/m0/s1. The molecule has 32 heavy (non-hydrogen) atoms. The summed E-state index contributed by atoms with van der Waals surface area (Å²) in [6.45, 7) is 4.61. The van der Waals surface area contributed by atoms with Crippen LogP contribution in [-0.2, 0) is 52.4 Å². The third-order valence-electron chi connectivity index (χ3n) is 4.36. The topological polar surface area (TPSA) is 153 Å². The van der Waals surface area contributed by atoms with E-state index in [2.05, 4.69) is 10.1 Å². The van der Waals surface area contributed by atoms with Gasteiger partial charge in [0.15, 0.2) is 18.5 Å². The van der Waals surface area contributed by atoms with Crippen molar-refractivity contribution in [1.29, 1.82) is 0 Å². The van der Waals surface area contributed by atoms with Crippen LogP contribution in [-0.4, -0.2) is 80.8 Å². The van der Waals surface area contributed by atoms with Crippen molar-refractivity contribution < 1.29 is 52.4 Å². The molecule has 12 heteroatoms. The minimum Gasteiger partial charge on any atom is -0.469 e. The lowest BCUT2D eigenvalue weighted by Gasteiger charge is -2.44. The number of rotatable bonds is 11. The molecule has 0 aromatic heterocycles. The Balaban J connectivity index is 3.07. The van der Waals surface area contributed by atoms with E-state index < -0.39 is 54.5 Å². The lowest BCUT2D eigenvalue weighted by molar-refractivity contribution is -0.277. The fourth-order valence-electron chi connectivity index (χ4n) is 3.11. The highest BCUT2D eigenvalue weighted by Gasteiger charge is 2.51. The van der Waals surface area contributed by atoms with Crippen LogP contribution in [0.25, 0.3) is 0 Å². The lowest BCUT2D eigenvalue weighted by atomic mass is 9.96. The molecule has 1 N–H and O–H groups in total. The van der Waals surface area contributed by atoms with Gasteiger partial charge in [0.05, 0.1) is 7.11 Å². The number of hydrogen-bond acceptors (Lipinski definition) is 11. The average molecular weight is 461 g/mol. The smallest absolute Gasteiger partial charge is 0.305 e. The minimum atomic E-state index is -1.17. The Kier molecular flexibility index (Phi) is 11.6. The second-order valence-corrected chi connectivity index (χ2v) is 7.12. The number of esters is 4. The van der Waals surface area contributed by atoms with E-state index >= 15 is 0 Å². The maximum absolute atomic E-state index is 11.8. The van der Waals surface area contributed by atoms with Crippen LogP contribution in [0.4, 0.5) is 0 Å². The van der Waals surface area contributed by atoms with Crippen LogP contribution >= 0.6 is 0 Å². The second-order valence-electron chi connectivity index (χ2n) is 7.12. The van der Waals surface area contributed by atoms with E-state index in [4.69, 9.17) is 23.7 Å². The van der Waals surface area contributed by atoms with Gasteiger partial charge in [-0.15, -0.1) is 0 Å². The molecule has 0 aromatic carbocycles. The van der Waals surface area contributed by atoms with Crippen LogP contribution in [0.2, 0.25) is 0 Å². The van der Waals surface area contributed by atoms with Gasteiger partial charge in [0, 0.05) is 40.7 Å². The molecule has 1 heterocycles. The maximum Gasteiger partial charge on any atom is 0.305 e. The fourth-order valence-corrected chi connectivity index (χ4v) is 3.11. The molecule has 182 valence electrons. The summed E-state index contributed by atoms with van der Waals surface area (Å²) >= 11 is 0. The summed E-state index contributed by atoms with van der Waals surface area (Å²) in [7, 11) is 1.30. The monoisotopic (exact) mass is 461 g/mol. The molecule has 1 aliphatic rings. The van der Waals surface area contributed by atoms with Gasteiger partial charge in [0.25, 0.3) is 0 Å². The first-order chi connectivity index (χ1) is 15.0. The summed E-state index contributed by atoms with van der Waals surface area (Å²) < 4.78 is 31.9. The number of amides is 1. The summed E-state index contributed by atoms with van der Waals surface area (Å²) in [5.41, 5.74) is 0. The van der Waals surface area contributed by atoms with Gasteiger partial charge in [-0.25, -0.2) is 0 Å². The Morgan fingerprint density at radius 2 is 1.50 bits per heavy atom. The molecule has 12 nitrogen and oxygen atoms in total. The van der Waals surface area contributed by atoms with Gasteiger partial charge in [-0.1, -0.05) is 0 Å². The van der Waals surface area contributed by atoms with Crippen molar-refractivity contribution in [3.8, 4) is 0 Å². The quantitative estimate of drug-likeness (QED) is 0.251. The number of carbonyl (C=O) groups excluding carboxylic acids is 5. The van der Waals surface area contributed by atoms with Crippen LogP contribution < -0.4 is 5.32 Å². The second kappa shape index (κ2) is 13.6. The highest BCUT2D eigenvalue weighted by atomic mass is 16.7. The molecule has 0 aromatic rings. The lowest BCUT2D eigenvalue weighted by Crippen LogP contribution is -2.66. The highest BCUT2D eigenvalue weighted by Crippen LogP contribution is 2.28. The summed E-state index contributed by atoms with van der Waals surface area (Å²) in [5.74, 6) is -2.78. The minimum absolute atomic E-state index is 0.142. The van der Waals surface area contributed by atoms with Gasteiger partial charge >= 0.3 is 23.9 Å². The summed E-state index contributed by atoms with van der Waals surface area (Å²) in [4.78, 5) is 57.8. The van der Waals surface area contributed by atoms with E-state index in [0.717, 1.165) is 13.8 Å². The van der Waals surface area contributed by atoms with E-state index in [1.54, 1.807) is 0 Å². The number of methoxy groups -OCH3 is 1. The van der Waals surface area contributed by atoms with Crippen LogP contribution in [0.1, 0.15) is 47.0 Å². The van der Waals surface area contributed by atoms with Gasteiger partial charge in [0.2, 0.25) is 5.91 Å². The average Bonchev–Trinajstić information content (AvgIpc) is 2.69. The molecule has 1 saturated heterocycles. The van der Waals surface area contributed by atoms with Crippen LogP contribution in [0, 0.1) is 0 Å². The molecule has 5 atom stereocenters. The third-order valence-corrected chi connectivity index (χ3v) is 4.36. The first-order valence-electron chi connectivity index (χ1n) is 10.1. The molecule has 0 radical (unpaired) electrons. The van der Waals surface area contributed by atoms with Gasteiger partial charge in [-0.05, 0) is 12.8 Å². The van der Waals surface area contributed by atoms with Crippen molar-refractivity contribution in [3.63, 3.8) is 0 Å². The number of carbonyl (C=O) groups is 5.